The molecule has 2 aromatic rings. The molecule has 1 aromatic carbocycles. The van der Waals surface area contributed by atoms with Crippen LogP contribution >= 0.6 is 23.1 Å². The van der Waals surface area contributed by atoms with Crippen LogP contribution in [0.15, 0.2) is 28.6 Å². The number of benzene rings is 1. The number of thioether (sulfide) groups is 1. The second-order valence-corrected chi connectivity index (χ2v) is 7.38. The third kappa shape index (κ3) is 5.72. The van der Waals surface area contributed by atoms with E-state index in [4.69, 9.17) is 4.74 Å². The van der Waals surface area contributed by atoms with Crippen molar-refractivity contribution in [2.24, 2.45) is 5.92 Å². The summed E-state index contributed by atoms with van der Waals surface area (Å²) in [4.78, 5) is 11.7. The van der Waals surface area contributed by atoms with E-state index in [0.717, 1.165) is 15.8 Å². The maximum Gasteiger partial charge on any atom is 0.230 e. The van der Waals surface area contributed by atoms with Crippen molar-refractivity contribution >= 4 is 39.8 Å². The lowest BCUT2D eigenvalue weighted by atomic mass is 10.2. The predicted octanol–water partition coefficient (Wildman–Crippen LogP) is 3.15. The first kappa shape index (κ1) is 17.6. The molecule has 2 rings (SSSR count). The van der Waals surface area contributed by atoms with Crippen molar-refractivity contribution < 1.29 is 9.53 Å². The second-order valence-electron chi connectivity index (χ2n) is 5.19. The van der Waals surface area contributed by atoms with Crippen LogP contribution in [0.25, 0.3) is 0 Å². The number of aromatic nitrogens is 2. The lowest BCUT2D eigenvalue weighted by molar-refractivity contribution is -0.118. The van der Waals surface area contributed by atoms with Gasteiger partial charge in [-0.2, -0.15) is 0 Å². The van der Waals surface area contributed by atoms with E-state index in [0.29, 0.717) is 23.3 Å². The minimum atomic E-state index is 0.0122. The molecule has 0 saturated heterocycles. The van der Waals surface area contributed by atoms with Gasteiger partial charge >= 0.3 is 0 Å². The Kier molecular flexibility index (Phi) is 6.66. The molecule has 1 aromatic heterocycles. The molecular weight excluding hydrogens is 332 g/mol. The van der Waals surface area contributed by atoms with Crippen molar-refractivity contribution in [3.8, 4) is 5.75 Å². The molecule has 6 nitrogen and oxygen atoms in total. The van der Waals surface area contributed by atoms with Gasteiger partial charge in [0.2, 0.25) is 11.0 Å². The second kappa shape index (κ2) is 8.73. The molecule has 1 amide bonds. The molecule has 0 bridgehead atoms. The summed E-state index contributed by atoms with van der Waals surface area (Å²) in [6, 6.07) is 7.60. The number of ether oxygens (including phenoxy) is 1. The van der Waals surface area contributed by atoms with Crippen LogP contribution in [0.5, 0.6) is 5.75 Å². The average molecular weight is 352 g/mol. The summed E-state index contributed by atoms with van der Waals surface area (Å²) in [5.41, 5.74) is 0.831. The molecule has 0 aliphatic heterocycles. The normalized spacial score (nSPS) is 10.6. The first-order chi connectivity index (χ1) is 11.1. The fraction of sp³-hybridized carbons (Fsp3) is 0.400. The Hall–Kier alpha value is -1.80. The Morgan fingerprint density at radius 2 is 2.13 bits per heavy atom. The lowest BCUT2D eigenvalue weighted by Crippen LogP contribution is -2.28. The highest BCUT2D eigenvalue weighted by Crippen LogP contribution is 2.31. The zero-order valence-electron chi connectivity index (χ0n) is 13.3. The Labute approximate surface area is 144 Å². The van der Waals surface area contributed by atoms with E-state index in [9.17, 15) is 4.79 Å². The summed E-state index contributed by atoms with van der Waals surface area (Å²) in [6.07, 6.45) is 0. The number of carbonyl (C=O) groups is 1. The predicted molar refractivity (Wildman–Crippen MR) is 94.8 cm³/mol. The fourth-order valence-electron chi connectivity index (χ4n) is 1.68. The summed E-state index contributed by atoms with van der Waals surface area (Å²) in [6.45, 7) is 4.82. The molecular formula is C15H20N4O2S2. The van der Waals surface area contributed by atoms with Gasteiger partial charge in [0.15, 0.2) is 4.34 Å². The lowest BCUT2D eigenvalue weighted by Gasteiger charge is -2.07. The fourth-order valence-corrected chi connectivity index (χ4v) is 3.27. The van der Waals surface area contributed by atoms with Crippen molar-refractivity contribution in [1.29, 1.82) is 0 Å². The van der Waals surface area contributed by atoms with E-state index in [1.54, 1.807) is 7.11 Å². The van der Waals surface area contributed by atoms with Gasteiger partial charge in [0.25, 0.3) is 0 Å². The maximum absolute atomic E-state index is 11.7. The summed E-state index contributed by atoms with van der Waals surface area (Å²) < 4.78 is 6.04. The molecule has 2 N–H and O–H groups in total. The van der Waals surface area contributed by atoms with E-state index >= 15 is 0 Å². The number of carbonyl (C=O) groups excluding carboxylic acids is 1. The number of nitrogens with zero attached hydrogens (tertiary/aromatic N) is 2. The van der Waals surface area contributed by atoms with Gasteiger partial charge in [0, 0.05) is 6.54 Å². The SMILES string of the molecule is COc1ccccc1Nc1nnc(SCC(=O)NCC(C)C)s1. The average Bonchev–Trinajstić information content (AvgIpc) is 2.99. The first-order valence-corrected chi connectivity index (χ1v) is 9.01. The largest absolute Gasteiger partial charge is 0.495 e. The van der Waals surface area contributed by atoms with Crippen LogP contribution in [-0.2, 0) is 4.79 Å². The standard InChI is InChI=1S/C15H20N4O2S2/c1-10(2)8-16-13(20)9-22-15-19-18-14(23-15)17-11-6-4-5-7-12(11)21-3/h4-7,10H,8-9H2,1-3H3,(H,16,20)(H,17,18). The Morgan fingerprint density at radius 1 is 1.35 bits per heavy atom. The zero-order chi connectivity index (χ0) is 16.7. The van der Waals surface area contributed by atoms with Crippen LogP contribution in [0.3, 0.4) is 0 Å². The number of hydrogen-bond donors (Lipinski definition) is 2. The van der Waals surface area contributed by atoms with E-state index in [2.05, 4.69) is 34.7 Å². The van der Waals surface area contributed by atoms with Crippen molar-refractivity contribution in [1.82, 2.24) is 15.5 Å². The molecule has 0 atom stereocenters. The molecule has 0 spiro atoms. The Balaban J connectivity index is 1.87. The van der Waals surface area contributed by atoms with E-state index in [1.807, 2.05) is 24.3 Å². The monoisotopic (exact) mass is 352 g/mol. The summed E-state index contributed by atoms with van der Waals surface area (Å²) in [7, 11) is 1.62. The third-order valence-corrected chi connectivity index (χ3v) is 4.76. The molecule has 1 heterocycles. The summed E-state index contributed by atoms with van der Waals surface area (Å²) in [5.74, 6) is 1.54. The van der Waals surface area contributed by atoms with Gasteiger partial charge in [0.05, 0.1) is 18.6 Å². The molecule has 0 radical (unpaired) electrons. The number of hydrogen-bond acceptors (Lipinski definition) is 7. The Bertz CT molecular complexity index is 646. The molecule has 0 saturated carbocycles. The number of amides is 1. The van der Waals surface area contributed by atoms with Crippen LogP contribution in [0.1, 0.15) is 13.8 Å². The van der Waals surface area contributed by atoms with E-state index in [-0.39, 0.29) is 5.91 Å². The van der Waals surface area contributed by atoms with Gasteiger partial charge in [0.1, 0.15) is 5.75 Å². The van der Waals surface area contributed by atoms with Crippen LogP contribution in [-0.4, -0.2) is 35.5 Å². The minimum Gasteiger partial charge on any atom is -0.495 e. The van der Waals surface area contributed by atoms with Crippen molar-refractivity contribution in [3.05, 3.63) is 24.3 Å². The van der Waals surface area contributed by atoms with Crippen LogP contribution in [0.2, 0.25) is 0 Å². The van der Waals surface area contributed by atoms with Crippen LogP contribution < -0.4 is 15.4 Å². The summed E-state index contributed by atoms with van der Waals surface area (Å²) >= 11 is 2.79. The quantitative estimate of drug-likeness (QED) is 0.711. The topological polar surface area (TPSA) is 76.1 Å². The smallest absolute Gasteiger partial charge is 0.230 e. The number of rotatable bonds is 8. The van der Waals surface area contributed by atoms with Crippen LogP contribution in [0.4, 0.5) is 10.8 Å². The number of methoxy groups -OCH3 is 1. The first-order valence-electron chi connectivity index (χ1n) is 7.21. The molecule has 0 fully saturated rings. The number of nitrogens with one attached hydrogen (secondary N) is 2. The van der Waals surface area contributed by atoms with Gasteiger partial charge in [-0.3, -0.25) is 4.79 Å². The Morgan fingerprint density at radius 3 is 2.87 bits per heavy atom. The highest BCUT2D eigenvalue weighted by atomic mass is 32.2. The van der Waals surface area contributed by atoms with Crippen molar-refractivity contribution in [2.75, 3.05) is 24.7 Å². The molecule has 0 aliphatic rings. The minimum absolute atomic E-state index is 0.0122. The van der Waals surface area contributed by atoms with Gasteiger partial charge in [-0.05, 0) is 18.1 Å². The van der Waals surface area contributed by atoms with E-state index in [1.165, 1.54) is 23.1 Å². The summed E-state index contributed by atoms with van der Waals surface area (Å²) in [5, 5.41) is 14.9. The van der Waals surface area contributed by atoms with Gasteiger partial charge < -0.3 is 15.4 Å². The number of para-hydroxylation sites is 2. The highest BCUT2D eigenvalue weighted by molar-refractivity contribution is 8.01. The zero-order valence-corrected chi connectivity index (χ0v) is 15.0. The van der Waals surface area contributed by atoms with E-state index < -0.39 is 0 Å². The molecule has 0 unspecified atom stereocenters. The molecule has 8 heteroatoms. The van der Waals surface area contributed by atoms with Gasteiger partial charge in [-0.1, -0.05) is 49.1 Å². The van der Waals surface area contributed by atoms with Crippen molar-refractivity contribution in [2.45, 2.75) is 18.2 Å². The third-order valence-electron chi connectivity index (χ3n) is 2.79. The van der Waals surface area contributed by atoms with Gasteiger partial charge in [-0.15, -0.1) is 10.2 Å². The molecule has 124 valence electrons. The van der Waals surface area contributed by atoms with Gasteiger partial charge in [-0.25, -0.2) is 0 Å². The number of anilines is 2. The maximum atomic E-state index is 11.7. The van der Waals surface area contributed by atoms with Crippen molar-refractivity contribution in [3.63, 3.8) is 0 Å². The highest BCUT2D eigenvalue weighted by Gasteiger charge is 2.10. The molecule has 23 heavy (non-hydrogen) atoms. The molecule has 0 aliphatic carbocycles. The van der Waals surface area contributed by atoms with Crippen LogP contribution in [0, 0.1) is 5.92 Å².